The zero-order chi connectivity index (χ0) is 17.6. The van der Waals surface area contributed by atoms with Gasteiger partial charge in [0.1, 0.15) is 5.75 Å². The van der Waals surface area contributed by atoms with Gasteiger partial charge in [0.25, 0.3) is 0 Å². The first-order valence-corrected chi connectivity index (χ1v) is 8.37. The molecular weight excluding hydrogens is 320 g/mol. The molecule has 0 radical (unpaired) electrons. The maximum atomic E-state index is 12.3. The lowest BCUT2D eigenvalue weighted by Crippen LogP contribution is -2.37. The third-order valence-electron chi connectivity index (χ3n) is 4.21. The van der Waals surface area contributed by atoms with Gasteiger partial charge in [0.15, 0.2) is 0 Å². The average Bonchev–Trinajstić information content (AvgIpc) is 3.24. The van der Waals surface area contributed by atoms with E-state index in [-0.39, 0.29) is 17.9 Å². The number of methoxy groups -OCH3 is 1. The molecule has 0 saturated carbocycles. The molecule has 25 heavy (non-hydrogen) atoms. The molecule has 1 N–H and O–H groups in total. The summed E-state index contributed by atoms with van der Waals surface area (Å²) in [5.74, 6) is 0.684. The molecule has 2 amide bonds. The van der Waals surface area contributed by atoms with Crippen molar-refractivity contribution in [1.29, 1.82) is 0 Å². The molecule has 1 atom stereocenters. The molecule has 1 aliphatic rings. The fourth-order valence-electron chi connectivity index (χ4n) is 2.97. The van der Waals surface area contributed by atoms with E-state index in [9.17, 15) is 9.59 Å². The van der Waals surface area contributed by atoms with Gasteiger partial charge in [-0.25, -0.2) is 0 Å². The van der Waals surface area contributed by atoms with Crippen LogP contribution in [0.5, 0.6) is 5.75 Å². The molecule has 2 heterocycles. The number of hydrogen-bond acceptors (Lipinski definition) is 4. The number of hydrogen-bond donors (Lipinski definition) is 1. The fourth-order valence-corrected chi connectivity index (χ4v) is 2.97. The molecule has 1 aliphatic heterocycles. The van der Waals surface area contributed by atoms with E-state index >= 15 is 0 Å². The molecule has 2 aromatic rings. The summed E-state index contributed by atoms with van der Waals surface area (Å²) < 4.78 is 7.00. The Hall–Kier alpha value is -2.83. The van der Waals surface area contributed by atoms with Crippen LogP contribution in [0.2, 0.25) is 0 Å². The highest BCUT2D eigenvalue weighted by Crippen LogP contribution is 2.25. The van der Waals surface area contributed by atoms with Gasteiger partial charge in [-0.05, 0) is 24.6 Å². The standard InChI is InChI=1S/C18H22N4O3/c1-25-16-6-2-5-15(12-16)22-13-14(11-18(22)24)20-17(23)7-3-9-21-10-4-8-19-21/h2,4-6,8,10,12,14H,3,7,9,11,13H2,1H3,(H,20,23)/t14-/m0/s1. The first-order valence-electron chi connectivity index (χ1n) is 8.37. The van der Waals surface area contributed by atoms with Gasteiger partial charge < -0.3 is 15.0 Å². The van der Waals surface area contributed by atoms with Crippen LogP contribution in [-0.2, 0) is 16.1 Å². The van der Waals surface area contributed by atoms with Crippen molar-refractivity contribution >= 4 is 17.5 Å². The molecule has 0 bridgehead atoms. The number of nitrogens with zero attached hydrogens (tertiary/aromatic N) is 3. The van der Waals surface area contributed by atoms with E-state index in [0.717, 1.165) is 5.69 Å². The molecule has 0 spiro atoms. The van der Waals surface area contributed by atoms with Crippen LogP contribution in [-0.4, -0.2) is 41.3 Å². The van der Waals surface area contributed by atoms with Crippen LogP contribution in [0.1, 0.15) is 19.3 Å². The summed E-state index contributed by atoms with van der Waals surface area (Å²) in [6.45, 7) is 1.19. The molecule has 3 rings (SSSR count). The molecule has 0 aliphatic carbocycles. The summed E-state index contributed by atoms with van der Waals surface area (Å²) in [6.07, 6.45) is 5.05. The summed E-state index contributed by atoms with van der Waals surface area (Å²) >= 11 is 0. The Bertz CT molecular complexity index is 730. The van der Waals surface area contributed by atoms with Gasteiger partial charge >= 0.3 is 0 Å². The lowest BCUT2D eigenvalue weighted by Gasteiger charge is -2.18. The van der Waals surface area contributed by atoms with Crippen molar-refractivity contribution in [1.82, 2.24) is 15.1 Å². The van der Waals surface area contributed by atoms with Gasteiger partial charge in [0, 0.05) is 50.1 Å². The predicted molar refractivity (Wildman–Crippen MR) is 93.4 cm³/mol. The molecule has 1 fully saturated rings. The molecule has 132 valence electrons. The zero-order valence-corrected chi connectivity index (χ0v) is 14.2. The van der Waals surface area contributed by atoms with Gasteiger partial charge in [-0.1, -0.05) is 6.07 Å². The summed E-state index contributed by atoms with van der Waals surface area (Å²) in [7, 11) is 1.59. The largest absolute Gasteiger partial charge is 0.497 e. The Labute approximate surface area is 146 Å². The van der Waals surface area contributed by atoms with E-state index in [1.807, 2.05) is 36.5 Å². The summed E-state index contributed by atoms with van der Waals surface area (Å²) in [5.41, 5.74) is 0.791. The smallest absolute Gasteiger partial charge is 0.229 e. The minimum Gasteiger partial charge on any atom is -0.497 e. The second kappa shape index (κ2) is 7.83. The number of nitrogens with one attached hydrogen (secondary N) is 1. The van der Waals surface area contributed by atoms with E-state index in [2.05, 4.69) is 10.4 Å². The first-order chi connectivity index (χ1) is 12.2. The van der Waals surface area contributed by atoms with Gasteiger partial charge in [0.05, 0.1) is 13.2 Å². The van der Waals surface area contributed by atoms with Crippen LogP contribution in [0.4, 0.5) is 5.69 Å². The van der Waals surface area contributed by atoms with Crippen LogP contribution in [0.15, 0.2) is 42.7 Å². The first kappa shape index (κ1) is 17.0. The van der Waals surface area contributed by atoms with E-state index < -0.39 is 0 Å². The van der Waals surface area contributed by atoms with Gasteiger partial charge in [-0.2, -0.15) is 5.10 Å². The highest BCUT2D eigenvalue weighted by atomic mass is 16.5. The van der Waals surface area contributed by atoms with Crippen LogP contribution < -0.4 is 15.0 Å². The number of aromatic nitrogens is 2. The van der Waals surface area contributed by atoms with Crippen molar-refractivity contribution in [3.63, 3.8) is 0 Å². The Kier molecular flexibility index (Phi) is 5.33. The lowest BCUT2D eigenvalue weighted by molar-refractivity contribution is -0.121. The molecule has 1 aromatic carbocycles. The topological polar surface area (TPSA) is 76.5 Å². The number of aryl methyl sites for hydroxylation is 1. The maximum Gasteiger partial charge on any atom is 0.229 e. The van der Waals surface area contributed by atoms with E-state index in [0.29, 0.717) is 38.1 Å². The quantitative estimate of drug-likeness (QED) is 0.829. The highest BCUT2D eigenvalue weighted by Gasteiger charge is 2.31. The lowest BCUT2D eigenvalue weighted by atomic mass is 10.2. The number of carbonyl (C=O) groups excluding carboxylic acids is 2. The van der Waals surface area contributed by atoms with Crippen molar-refractivity contribution in [3.8, 4) is 5.75 Å². The second-order valence-electron chi connectivity index (χ2n) is 6.05. The summed E-state index contributed by atoms with van der Waals surface area (Å²) in [4.78, 5) is 26.0. The fraction of sp³-hybridized carbons (Fsp3) is 0.389. The molecule has 7 heteroatoms. The molecule has 0 unspecified atom stereocenters. The number of amides is 2. The normalized spacial score (nSPS) is 16.9. The number of ether oxygens (including phenoxy) is 1. The van der Waals surface area contributed by atoms with Crippen LogP contribution in [0.3, 0.4) is 0 Å². The van der Waals surface area contributed by atoms with Crippen molar-refractivity contribution in [2.75, 3.05) is 18.6 Å². The van der Waals surface area contributed by atoms with Crippen molar-refractivity contribution in [2.24, 2.45) is 0 Å². The third-order valence-corrected chi connectivity index (χ3v) is 4.21. The van der Waals surface area contributed by atoms with E-state index in [4.69, 9.17) is 4.74 Å². The van der Waals surface area contributed by atoms with Gasteiger partial charge in [-0.15, -0.1) is 0 Å². The van der Waals surface area contributed by atoms with Crippen molar-refractivity contribution in [2.45, 2.75) is 31.8 Å². The molecule has 7 nitrogen and oxygen atoms in total. The van der Waals surface area contributed by atoms with Crippen LogP contribution in [0, 0.1) is 0 Å². The second-order valence-corrected chi connectivity index (χ2v) is 6.05. The minimum atomic E-state index is -0.157. The summed E-state index contributed by atoms with van der Waals surface area (Å²) in [6, 6.07) is 9.08. The highest BCUT2D eigenvalue weighted by molar-refractivity contribution is 5.97. The molecule has 1 aromatic heterocycles. The number of anilines is 1. The van der Waals surface area contributed by atoms with Gasteiger partial charge in [-0.3, -0.25) is 14.3 Å². The van der Waals surface area contributed by atoms with Crippen molar-refractivity contribution < 1.29 is 14.3 Å². The maximum absolute atomic E-state index is 12.3. The Morgan fingerprint density at radius 2 is 2.28 bits per heavy atom. The number of carbonyl (C=O) groups is 2. The molecule has 1 saturated heterocycles. The Morgan fingerprint density at radius 3 is 3.04 bits per heavy atom. The van der Waals surface area contributed by atoms with E-state index in [1.54, 1.807) is 22.9 Å². The minimum absolute atomic E-state index is 0.00935. The van der Waals surface area contributed by atoms with Crippen LogP contribution >= 0.6 is 0 Å². The number of rotatable bonds is 7. The SMILES string of the molecule is COc1cccc(N2C[C@@H](NC(=O)CCCn3cccn3)CC2=O)c1. The van der Waals surface area contributed by atoms with Crippen LogP contribution in [0.25, 0.3) is 0 Å². The van der Waals surface area contributed by atoms with Crippen molar-refractivity contribution in [3.05, 3.63) is 42.7 Å². The van der Waals surface area contributed by atoms with Gasteiger partial charge in [0.2, 0.25) is 11.8 Å². The van der Waals surface area contributed by atoms with E-state index in [1.165, 1.54) is 0 Å². The monoisotopic (exact) mass is 342 g/mol. The summed E-state index contributed by atoms with van der Waals surface area (Å²) in [5, 5.41) is 7.06. The zero-order valence-electron chi connectivity index (χ0n) is 14.2. The predicted octanol–water partition coefficient (Wildman–Crippen LogP) is 1.59. The Morgan fingerprint density at radius 1 is 1.40 bits per heavy atom. The number of benzene rings is 1. The third kappa shape index (κ3) is 4.37. The molecular formula is C18H22N4O3. The average molecular weight is 342 g/mol. The Balaban J connectivity index is 1.49.